The predicted octanol–water partition coefficient (Wildman–Crippen LogP) is 11.4. The van der Waals surface area contributed by atoms with Gasteiger partial charge in [0.1, 0.15) is 11.2 Å². The van der Waals surface area contributed by atoms with E-state index in [-0.39, 0.29) is 41.0 Å². The normalized spacial score (nSPS) is 43.8. The van der Waals surface area contributed by atoms with E-state index in [0.717, 1.165) is 75.7 Å². The molecule has 9 aliphatic heterocycles. The quantitative estimate of drug-likeness (QED) is 0.261. The van der Waals surface area contributed by atoms with Crippen molar-refractivity contribution in [3.8, 4) is 0 Å². The van der Waals surface area contributed by atoms with Gasteiger partial charge in [-0.2, -0.15) is 0 Å². The van der Waals surface area contributed by atoms with Crippen molar-refractivity contribution >= 4 is 11.9 Å². The Morgan fingerprint density at radius 2 is 1.75 bits per heavy atom. The van der Waals surface area contributed by atoms with Gasteiger partial charge < -0.3 is 25.2 Å². The van der Waals surface area contributed by atoms with Crippen molar-refractivity contribution < 1.29 is 24.2 Å². The van der Waals surface area contributed by atoms with E-state index < -0.39 is 16.4 Å². The number of rotatable bonds is 7. The third-order valence-electron chi connectivity index (χ3n) is 22.3. The van der Waals surface area contributed by atoms with E-state index in [1.54, 1.807) is 11.3 Å². The summed E-state index contributed by atoms with van der Waals surface area (Å²) in [5.41, 5.74) is 13.0. The summed E-state index contributed by atoms with van der Waals surface area (Å²) in [6.45, 7) is 8.91. The van der Waals surface area contributed by atoms with E-state index in [2.05, 4.69) is 47.9 Å². The number of piperidine rings is 2. The Balaban J connectivity index is 1.04. The molecule has 16 aliphatic rings. The predicted molar refractivity (Wildman–Crippen MR) is 258 cm³/mol. The van der Waals surface area contributed by atoms with Gasteiger partial charge in [0.2, 0.25) is 0 Å². The van der Waals surface area contributed by atoms with Crippen LogP contribution in [0, 0.1) is 63.6 Å². The maximum Gasteiger partial charge on any atom is 0.339 e. The molecule has 0 amide bonds. The van der Waals surface area contributed by atoms with Gasteiger partial charge >= 0.3 is 11.9 Å². The molecule has 7 fully saturated rings. The maximum atomic E-state index is 16.4. The van der Waals surface area contributed by atoms with Gasteiger partial charge in [0.05, 0.1) is 11.0 Å². The number of nitrogens with zero attached hydrogens (tertiary/aromatic N) is 2. The number of aryl methyl sites for hydroxylation is 1. The lowest BCUT2D eigenvalue weighted by Gasteiger charge is -2.73. The van der Waals surface area contributed by atoms with Gasteiger partial charge in [-0.05, 0) is 148 Å². The smallest absolute Gasteiger partial charge is 0.339 e. The summed E-state index contributed by atoms with van der Waals surface area (Å²) in [5.74, 6) is 3.69. The number of hydrogen-bond donors (Lipinski definition) is 2. The fraction of sp³-hybridized carbons (Fsp3) is 0.729. The van der Waals surface area contributed by atoms with E-state index in [0.29, 0.717) is 78.7 Å². The Hall–Kier alpha value is -3.36. The summed E-state index contributed by atoms with van der Waals surface area (Å²) in [5, 5.41) is 13.5. The van der Waals surface area contributed by atoms with Gasteiger partial charge in [-0.1, -0.05) is 107 Å². The summed E-state index contributed by atoms with van der Waals surface area (Å²) in [4.78, 5) is 37.4. The van der Waals surface area contributed by atoms with Crippen molar-refractivity contribution in [3.63, 3.8) is 0 Å². The van der Waals surface area contributed by atoms with Crippen molar-refractivity contribution in [2.24, 2.45) is 69.3 Å². The van der Waals surface area contributed by atoms with Crippen molar-refractivity contribution in [1.29, 1.82) is 0 Å². The van der Waals surface area contributed by atoms with E-state index in [1.807, 2.05) is 0 Å². The van der Waals surface area contributed by atoms with Crippen LogP contribution in [0.25, 0.3) is 0 Å². The Kier molecular flexibility index (Phi) is 9.57. The molecule has 3 saturated heterocycles. The number of benzene rings is 1. The van der Waals surface area contributed by atoms with Crippen LogP contribution < -0.4 is 5.73 Å². The SMILES string of the molecule is CC1CC2=C3C4C5=C6C(=CC14)CCC(C)(CC1CCCC1)CC1C64C(=O)OC(=C(O)CC(CC6CCCCC6)N6CC7CC(C6)C(CC2)N3C7)C4(CC5)C12OC(=O)c1c(CCCN)cccc12. The molecule has 1 aromatic rings. The first kappa shape index (κ1) is 42.5. The van der Waals surface area contributed by atoms with Gasteiger partial charge in [-0.15, -0.1) is 0 Å². The highest BCUT2D eigenvalue weighted by Gasteiger charge is 2.94. The molecule has 12 bridgehead atoms. The molecule has 1 aromatic carbocycles. The number of allylic oxidation sites excluding steroid dienone is 4. The van der Waals surface area contributed by atoms with Crippen LogP contribution in [-0.4, -0.2) is 65.1 Å². The molecular formula is C59H77N3O5. The van der Waals surface area contributed by atoms with Crippen LogP contribution in [0.3, 0.4) is 0 Å². The summed E-state index contributed by atoms with van der Waals surface area (Å²) in [6.07, 6.45) is 27.7. The molecular weight excluding hydrogens is 831 g/mol. The molecule has 4 saturated carbocycles. The van der Waals surface area contributed by atoms with Gasteiger partial charge in [0.15, 0.2) is 11.4 Å². The van der Waals surface area contributed by atoms with Crippen LogP contribution in [0.15, 0.2) is 63.8 Å². The largest absolute Gasteiger partial charge is 0.509 e. The zero-order valence-electron chi connectivity index (χ0n) is 40.7. The number of nitrogens with two attached hydrogens (primary N) is 1. The zero-order chi connectivity index (χ0) is 45.2. The molecule has 9 heterocycles. The Morgan fingerprint density at radius 1 is 0.925 bits per heavy atom. The first-order valence-electron chi connectivity index (χ1n) is 28.0. The number of hydrogen-bond acceptors (Lipinski definition) is 8. The zero-order valence-corrected chi connectivity index (χ0v) is 40.7. The summed E-state index contributed by atoms with van der Waals surface area (Å²) >= 11 is 0. The number of esters is 2. The third kappa shape index (κ3) is 5.55. The fourth-order valence-electron chi connectivity index (χ4n) is 20.0. The highest BCUT2D eigenvalue weighted by Crippen LogP contribution is 2.88. The molecule has 358 valence electrons. The molecule has 0 aromatic heterocycles. The monoisotopic (exact) mass is 908 g/mol. The van der Waals surface area contributed by atoms with Crippen molar-refractivity contribution in [1.82, 2.24) is 9.80 Å². The van der Waals surface area contributed by atoms with Gasteiger partial charge in [-0.3, -0.25) is 9.69 Å². The fourth-order valence-corrected chi connectivity index (χ4v) is 20.0. The van der Waals surface area contributed by atoms with Gasteiger partial charge in [0, 0.05) is 61.2 Å². The highest BCUT2D eigenvalue weighted by atomic mass is 16.6. The minimum atomic E-state index is -1.14. The number of fused-ring (bicyclic) bond motifs is 3. The molecule has 3 N–H and O–H groups in total. The molecule has 8 heteroatoms. The van der Waals surface area contributed by atoms with Crippen molar-refractivity contribution in [3.05, 3.63) is 80.5 Å². The second-order valence-electron chi connectivity index (χ2n) is 25.6. The second-order valence-corrected chi connectivity index (χ2v) is 25.6. The minimum Gasteiger partial charge on any atom is -0.509 e. The van der Waals surface area contributed by atoms with Crippen LogP contribution in [0.4, 0.5) is 0 Å². The summed E-state index contributed by atoms with van der Waals surface area (Å²) < 4.78 is 14.5. The lowest BCUT2D eigenvalue weighted by Crippen LogP contribution is -2.78. The molecule has 0 radical (unpaired) electrons. The maximum absolute atomic E-state index is 16.4. The lowest BCUT2D eigenvalue weighted by molar-refractivity contribution is -0.284. The van der Waals surface area contributed by atoms with Crippen molar-refractivity contribution in [2.45, 2.75) is 179 Å². The van der Waals surface area contributed by atoms with Crippen LogP contribution in [0.2, 0.25) is 0 Å². The molecule has 3 spiro atoms. The number of carbonyl (C=O) groups is 2. The molecule has 17 rings (SSSR count). The van der Waals surface area contributed by atoms with E-state index in [9.17, 15) is 5.11 Å². The molecule has 8 nitrogen and oxygen atoms in total. The third-order valence-corrected chi connectivity index (χ3v) is 22.3. The standard InChI is InChI=1S/C59H77N3O5/c1-34-24-40-17-18-46-41-25-37-31-61(33-41)42(26-35-10-4-3-5-11-35)28-47(63)53-57-22-20-43-50(52(40)62(46)32-37)44(34)27-39-19-21-56(2,29-36-12-6-7-13-36)30-48(58(57,51(39)43)55(65)66-53)59(57)45-16-8-14-38(15-9-23-60)49(45)54(64)67-59/h8,14,16,27,34-37,41-42,44,46,48,50,63H,3-7,9-13,15,17-26,28-33,60H2,1-2H3. The molecule has 13 unspecified atom stereocenters. The van der Waals surface area contributed by atoms with E-state index in [4.69, 9.17) is 15.2 Å². The Bertz CT molecular complexity index is 2440. The average Bonchev–Trinajstić information content (AvgIpc) is 4.02. The molecule has 7 aliphatic carbocycles. The lowest BCUT2D eigenvalue weighted by atomic mass is 9.27. The summed E-state index contributed by atoms with van der Waals surface area (Å²) in [6, 6.07) is 7.13. The number of ether oxygens (including phenoxy) is 2. The number of carbonyl (C=O) groups excluding carboxylic acids is 2. The molecule has 13 atom stereocenters. The highest BCUT2D eigenvalue weighted by molar-refractivity contribution is 6.01. The van der Waals surface area contributed by atoms with E-state index in [1.165, 1.54) is 100 Å². The topological polar surface area (TPSA) is 105 Å². The number of aliphatic hydroxyl groups is 1. The number of aliphatic hydroxyl groups excluding tert-OH is 1. The van der Waals surface area contributed by atoms with E-state index >= 15 is 9.59 Å². The van der Waals surface area contributed by atoms with Gasteiger partial charge in [-0.25, -0.2) is 4.79 Å². The van der Waals surface area contributed by atoms with Crippen LogP contribution in [0.5, 0.6) is 0 Å². The second kappa shape index (κ2) is 15.1. The molecule has 67 heavy (non-hydrogen) atoms. The first-order valence-corrected chi connectivity index (χ1v) is 28.0. The first-order chi connectivity index (χ1) is 32.6. The van der Waals surface area contributed by atoms with Crippen molar-refractivity contribution in [2.75, 3.05) is 26.2 Å². The Morgan fingerprint density at radius 3 is 2.58 bits per heavy atom. The van der Waals surface area contributed by atoms with Crippen LogP contribution in [-0.2, 0) is 26.3 Å². The summed E-state index contributed by atoms with van der Waals surface area (Å²) in [7, 11) is 0. The van der Waals surface area contributed by atoms with Crippen LogP contribution >= 0.6 is 0 Å². The Labute approximate surface area is 399 Å². The van der Waals surface area contributed by atoms with Gasteiger partial charge in [0.25, 0.3) is 0 Å². The van der Waals surface area contributed by atoms with Crippen LogP contribution in [0.1, 0.15) is 177 Å². The average molecular weight is 908 g/mol. The minimum absolute atomic E-state index is 0.0685.